The number of benzene rings is 1. The smallest absolute Gasteiger partial charge is 0.326 e. The third-order valence-corrected chi connectivity index (χ3v) is 7.81. The van der Waals surface area contributed by atoms with Gasteiger partial charge in [0.05, 0.1) is 12.7 Å². The first-order valence-corrected chi connectivity index (χ1v) is 13.9. The predicted molar refractivity (Wildman–Crippen MR) is 154 cm³/mol. The van der Waals surface area contributed by atoms with Crippen molar-refractivity contribution in [2.75, 3.05) is 31.1 Å². The molecule has 0 radical (unpaired) electrons. The zero-order chi connectivity index (χ0) is 30.3. The number of rotatable bonds is 9. The molecule has 2 aliphatic rings. The summed E-state index contributed by atoms with van der Waals surface area (Å²) in [6.45, 7) is 7.22. The van der Waals surface area contributed by atoms with E-state index in [1.54, 1.807) is 24.3 Å². The van der Waals surface area contributed by atoms with Crippen molar-refractivity contribution >= 4 is 46.5 Å². The number of aromatic nitrogens is 3. The monoisotopic (exact) mass is 597 g/mol. The van der Waals surface area contributed by atoms with Gasteiger partial charge in [-0.15, -0.1) is 0 Å². The Morgan fingerprint density at radius 3 is 2.48 bits per heavy atom. The van der Waals surface area contributed by atoms with Crippen molar-refractivity contribution in [2.24, 2.45) is 5.41 Å². The maximum Gasteiger partial charge on any atom is 0.326 e. The van der Waals surface area contributed by atoms with Crippen molar-refractivity contribution < 1.29 is 24.6 Å². The lowest BCUT2D eigenvalue weighted by molar-refractivity contribution is -0.141. The number of carbonyl (C=O) groups excluding carboxylic acids is 2. The molecule has 222 valence electrons. The van der Waals surface area contributed by atoms with Crippen LogP contribution in [0.3, 0.4) is 0 Å². The van der Waals surface area contributed by atoms with Gasteiger partial charge in [0.15, 0.2) is 11.5 Å². The normalized spacial score (nSPS) is 18.2. The Morgan fingerprint density at radius 2 is 1.83 bits per heavy atom. The number of hydrogen-bond acceptors (Lipinski definition) is 8. The minimum atomic E-state index is -1.13. The van der Waals surface area contributed by atoms with Gasteiger partial charge in [-0.25, -0.2) is 19.6 Å². The number of amides is 3. The lowest BCUT2D eigenvalue weighted by atomic mass is 9.84. The van der Waals surface area contributed by atoms with Crippen LogP contribution in [-0.2, 0) is 17.9 Å². The van der Waals surface area contributed by atoms with Crippen LogP contribution in [0.25, 0.3) is 11.2 Å². The molecule has 13 nitrogen and oxygen atoms in total. The number of carbonyl (C=O) groups is 3. The van der Waals surface area contributed by atoms with Crippen molar-refractivity contribution in [1.82, 2.24) is 29.7 Å². The van der Waals surface area contributed by atoms with Gasteiger partial charge < -0.3 is 20.4 Å². The SMILES string of the molecule is CC(C(=O)O)N1CCN(c2cnc3c(cc(C(=O)NCc4ccc(Cl)cc4)c(=O)n3CC(O)N3CC(C)(C)C3)n2)C1=O. The molecule has 0 aliphatic carbocycles. The number of carboxylic acids is 1. The molecule has 42 heavy (non-hydrogen) atoms. The molecule has 2 unspecified atom stereocenters. The quantitative estimate of drug-likeness (QED) is 0.334. The van der Waals surface area contributed by atoms with E-state index in [2.05, 4.69) is 29.1 Å². The third-order valence-electron chi connectivity index (χ3n) is 7.56. The number of aliphatic hydroxyl groups is 1. The molecule has 1 aromatic carbocycles. The summed E-state index contributed by atoms with van der Waals surface area (Å²) < 4.78 is 1.23. The van der Waals surface area contributed by atoms with Gasteiger partial charge in [-0.2, -0.15) is 0 Å². The number of aliphatic hydroxyl groups excluding tert-OH is 1. The van der Waals surface area contributed by atoms with Gasteiger partial charge in [-0.05, 0) is 36.1 Å². The molecule has 0 bridgehead atoms. The highest BCUT2D eigenvalue weighted by Gasteiger charge is 2.39. The molecule has 2 aliphatic heterocycles. The standard InChI is InChI=1S/C28H32ClN7O6/c1-16(26(40)41)34-8-9-35(27(34)42)21-12-30-23-20(32-21)10-19(24(38)31-11-17-4-6-18(29)7-5-17)25(39)36(23)13-22(37)33-14-28(2,3)15-33/h4-7,10,12,16,22,37H,8-9,11,13-15H2,1-3H3,(H,31,38)(H,40,41). The second kappa shape index (κ2) is 11.3. The molecule has 2 fully saturated rings. The van der Waals surface area contributed by atoms with Crippen LogP contribution >= 0.6 is 11.6 Å². The van der Waals surface area contributed by atoms with E-state index in [1.165, 1.54) is 33.6 Å². The van der Waals surface area contributed by atoms with Gasteiger partial charge in [0.25, 0.3) is 11.5 Å². The number of likely N-dealkylation sites (tertiary alicyclic amines) is 1. The van der Waals surface area contributed by atoms with Gasteiger partial charge >= 0.3 is 12.0 Å². The lowest BCUT2D eigenvalue weighted by Gasteiger charge is -2.48. The number of carboxylic acid groups (broad SMARTS) is 1. The molecule has 2 saturated heterocycles. The largest absolute Gasteiger partial charge is 0.480 e. The highest BCUT2D eigenvalue weighted by molar-refractivity contribution is 6.30. The summed E-state index contributed by atoms with van der Waals surface area (Å²) in [7, 11) is 0. The average molecular weight is 598 g/mol. The molecule has 3 aromatic rings. The van der Waals surface area contributed by atoms with Crippen LogP contribution in [0.5, 0.6) is 0 Å². The number of anilines is 1. The van der Waals surface area contributed by atoms with Crippen molar-refractivity contribution in [3.05, 3.63) is 63.0 Å². The number of halogens is 1. The van der Waals surface area contributed by atoms with E-state index in [9.17, 15) is 29.4 Å². The Kier molecular flexibility index (Phi) is 7.92. The third kappa shape index (κ3) is 5.80. The summed E-state index contributed by atoms with van der Waals surface area (Å²) in [6, 6.07) is 6.66. The Balaban J connectivity index is 1.49. The van der Waals surface area contributed by atoms with Crippen molar-refractivity contribution in [3.8, 4) is 0 Å². The van der Waals surface area contributed by atoms with Gasteiger partial charge in [0.1, 0.15) is 23.3 Å². The number of pyridine rings is 1. The van der Waals surface area contributed by atoms with E-state index >= 15 is 0 Å². The van der Waals surface area contributed by atoms with Crippen LogP contribution in [0.4, 0.5) is 10.6 Å². The van der Waals surface area contributed by atoms with Crippen LogP contribution in [-0.4, -0.2) is 90.9 Å². The van der Waals surface area contributed by atoms with Gasteiger partial charge in [0.2, 0.25) is 0 Å². The highest BCUT2D eigenvalue weighted by atomic mass is 35.5. The summed E-state index contributed by atoms with van der Waals surface area (Å²) in [5.41, 5.74) is 0.278. The fourth-order valence-corrected chi connectivity index (χ4v) is 5.40. The van der Waals surface area contributed by atoms with E-state index in [0.29, 0.717) is 18.1 Å². The molecule has 14 heteroatoms. The summed E-state index contributed by atoms with van der Waals surface area (Å²) in [6.07, 6.45) is 0.323. The summed E-state index contributed by atoms with van der Waals surface area (Å²) in [4.78, 5) is 64.6. The number of nitrogens with one attached hydrogen (secondary N) is 1. The van der Waals surface area contributed by atoms with Crippen molar-refractivity contribution in [2.45, 2.75) is 46.1 Å². The van der Waals surface area contributed by atoms with Crippen LogP contribution in [0.15, 0.2) is 41.3 Å². The Bertz CT molecular complexity index is 1600. The first kappa shape index (κ1) is 29.4. The zero-order valence-corrected chi connectivity index (χ0v) is 24.2. The summed E-state index contributed by atoms with van der Waals surface area (Å²) in [5.74, 6) is -1.62. The number of aliphatic carboxylic acids is 1. The minimum absolute atomic E-state index is 0.0421. The van der Waals surface area contributed by atoms with Crippen molar-refractivity contribution in [3.63, 3.8) is 0 Å². The van der Waals surface area contributed by atoms with Gasteiger partial charge in [0, 0.05) is 37.7 Å². The summed E-state index contributed by atoms with van der Waals surface area (Å²) >= 11 is 5.94. The average Bonchev–Trinajstić information content (AvgIpc) is 3.32. The topological polar surface area (TPSA) is 161 Å². The highest BCUT2D eigenvalue weighted by Crippen LogP contribution is 2.30. The summed E-state index contributed by atoms with van der Waals surface area (Å²) in [5, 5.41) is 23.6. The molecule has 4 heterocycles. The number of hydrogen-bond donors (Lipinski definition) is 3. The van der Waals surface area contributed by atoms with Crippen LogP contribution in [0.1, 0.15) is 36.7 Å². The molecular formula is C28H32ClN7O6. The maximum atomic E-state index is 13.6. The fourth-order valence-electron chi connectivity index (χ4n) is 5.28. The van der Waals surface area contributed by atoms with E-state index in [0.717, 1.165) is 5.56 Å². The Labute approximate surface area is 246 Å². The first-order chi connectivity index (χ1) is 19.8. The van der Waals surface area contributed by atoms with Gasteiger partial charge in [-0.1, -0.05) is 37.6 Å². The zero-order valence-electron chi connectivity index (χ0n) is 23.5. The van der Waals surface area contributed by atoms with Crippen LogP contribution < -0.4 is 15.8 Å². The van der Waals surface area contributed by atoms with E-state index < -0.39 is 35.7 Å². The van der Waals surface area contributed by atoms with E-state index in [1.807, 2.05) is 4.90 Å². The van der Waals surface area contributed by atoms with E-state index in [4.69, 9.17) is 11.6 Å². The first-order valence-electron chi connectivity index (χ1n) is 13.5. The maximum absolute atomic E-state index is 13.6. The molecule has 3 amide bonds. The fraction of sp³-hybridized carbons (Fsp3) is 0.429. The van der Waals surface area contributed by atoms with Gasteiger partial charge in [-0.3, -0.25) is 24.0 Å². The molecule has 2 aromatic heterocycles. The van der Waals surface area contributed by atoms with Crippen LogP contribution in [0, 0.1) is 5.41 Å². The number of fused-ring (bicyclic) bond motifs is 1. The molecular weight excluding hydrogens is 566 g/mol. The second-order valence-electron chi connectivity index (χ2n) is 11.4. The van der Waals surface area contributed by atoms with Crippen LogP contribution in [0.2, 0.25) is 5.02 Å². The number of nitrogens with zero attached hydrogens (tertiary/aromatic N) is 6. The number of urea groups is 1. The Morgan fingerprint density at radius 1 is 1.14 bits per heavy atom. The van der Waals surface area contributed by atoms with Crippen molar-refractivity contribution in [1.29, 1.82) is 0 Å². The van der Waals surface area contributed by atoms with E-state index in [-0.39, 0.29) is 54.1 Å². The Hall–Kier alpha value is -4.07. The second-order valence-corrected chi connectivity index (χ2v) is 11.8. The molecule has 2 atom stereocenters. The molecule has 0 saturated carbocycles. The minimum Gasteiger partial charge on any atom is -0.480 e. The molecule has 3 N–H and O–H groups in total. The lowest BCUT2D eigenvalue weighted by Crippen LogP contribution is -2.58. The molecule has 5 rings (SSSR count). The predicted octanol–water partition coefficient (Wildman–Crippen LogP) is 1.75. The molecule has 0 spiro atoms.